The van der Waals surface area contributed by atoms with Crippen LogP contribution in [0.25, 0.3) is 0 Å². The molecule has 0 spiro atoms. The van der Waals surface area contributed by atoms with Crippen LogP contribution in [-0.2, 0) is 6.54 Å². The number of anilines is 2. The first-order chi connectivity index (χ1) is 16.9. The second-order valence-corrected chi connectivity index (χ2v) is 8.23. The third-order valence-electron chi connectivity index (χ3n) is 5.93. The number of rotatable bonds is 8. The van der Waals surface area contributed by atoms with Gasteiger partial charge in [0.1, 0.15) is 5.82 Å². The number of hydrogen-bond acceptors (Lipinski definition) is 6. The molecule has 0 aliphatic carbocycles. The quantitative estimate of drug-likeness (QED) is 0.373. The fourth-order valence-corrected chi connectivity index (χ4v) is 4.07. The van der Waals surface area contributed by atoms with E-state index < -0.39 is 10.8 Å². The molecule has 1 aliphatic rings. The van der Waals surface area contributed by atoms with Gasteiger partial charge in [-0.2, -0.15) is 0 Å². The number of nitro benzene ring substituents is 1. The normalized spacial score (nSPS) is 13.9. The monoisotopic (exact) mass is 478 g/mol. The van der Waals surface area contributed by atoms with Crippen LogP contribution in [0, 0.1) is 15.9 Å². The van der Waals surface area contributed by atoms with Gasteiger partial charge in [0, 0.05) is 61.3 Å². The number of nitrogens with one attached hydrogen (secondary N) is 1. The van der Waals surface area contributed by atoms with E-state index in [0.29, 0.717) is 24.4 Å². The molecule has 9 heteroatoms. The summed E-state index contributed by atoms with van der Waals surface area (Å²) in [6.07, 6.45) is 0. The number of benzene rings is 3. The van der Waals surface area contributed by atoms with E-state index in [4.69, 9.17) is 4.74 Å². The number of carbonyl (C=O) groups excluding carboxylic acids is 1. The lowest BCUT2D eigenvalue weighted by molar-refractivity contribution is -0.385. The molecule has 182 valence electrons. The molecule has 3 aromatic rings. The summed E-state index contributed by atoms with van der Waals surface area (Å²) in [7, 11) is 0. The summed E-state index contributed by atoms with van der Waals surface area (Å²) >= 11 is 0. The Kier molecular flexibility index (Phi) is 7.57. The molecule has 8 nitrogen and oxygen atoms in total. The lowest BCUT2D eigenvalue weighted by atomic mass is 10.1. The van der Waals surface area contributed by atoms with Gasteiger partial charge in [0.05, 0.1) is 11.5 Å². The number of nitro groups is 1. The van der Waals surface area contributed by atoms with Crippen molar-refractivity contribution in [3.8, 4) is 5.75 Å². The first-order valence-corrected chi connectivity index (χ1v) is 11.5. The fourth-order valence-electron chi connectivity index (χ4n) is 4.07. The lowest BCUT2D eigenvalue weighted by Crippen LogP contribution is -2.46. The van der Waals surface area contributed by atoms with E-state index in [9.17, 15) is 19.3 Å². The highest BCUT2D eigenvalue weighted by Gasteiger charge is 2.20. The number of piperazine rings is 1. The third-order valence-corrected chi connectivity index (χ3v) is 5.93. The molecule has 1 fully saturated rings. The fraction of sp³-hybridized carbons (Fsp3) is 0.269. The van der Waals surface area contributed by atoms with Crippen LogP contribution < -0.4 is 15.0 Å². The van der Waals surface area contributed by atoms with Crippen LogP contribution in [0.3, 0.4) is 0 Å². The Morgan fingerprint density at radius 2 is 1.77 bits per heavy atom. The van der Waals surface area contributed by atoms with Crippen LogP contribution in [0.2, 0.25) is 0 Å². The van der Waals surface area contributed by atoms with Crippen LogP contribution in [0.15, 0.2) is 66.7 Å². The van der Waals surface area contributed by atoms with Crippen molar-refractivity contribution in [2.75, 3.05) is 43.0 Å². The van der Waals surface area contributed by atoms with Gasteiger partial charge in [-0.15, -0.1) is 0 Å². The van der Waals surface area contributed by atoms with Crippen LogP contribution in [0.5, 0.6) is 5.75 Å². The maximum atomic E-state index is 13.9. The summed E-state index contributed by atoms with van der Waals surface area (Å²) in [4.78, 5) is 27.9. The van der Waals surface area contributed by atoms with Crippen LogP contribution in [-0.4, -0.2) is 48.5 Å². The minimum Gasteiger partial charge on any atom is -0.487 e. The molecule has 0 saturated carbocycles. The predicted molar refractivity (Wildman–Crippen MR) is 133 cm³/mol. The van der Waals surface area contributed by atoms with Crippen molar-refractivity contribution in [1.29, 1.82) is 0 Å². The van der Waals surface area contributed by atoms with Crippen LogP contribution in [0.1, 0.15) is 22.8 Å². The molecule has 0 aromatic heterocycles. The molecule has 0 unspecified atom stereocenters. The van der Waals surface area contributed by atoms with Crippen molar-refractivity contribution in [1.82, 2.24) is 4.90 Å². The van der Waals surface area contributed by atoms with Crippen LogP contribution >= 0.6 is 0 Å². The van der Waals surface area contributed by atoms with Crippen molar-refractivity contribution < 1.29 is 18.8 Å². The number of amides is 1. The summed E-state index contributed by atoms with van der Waals surface area (Å²) in [5.41, 5.74) is 2.26. The molecule has 1 aliphatic heterocycles. The highest BCUT2D eigenvalue weighted by molar-refractivity contribution is 6.04. The molecular formula is C26H27FN4O4. The Morgan fingerprint density at radius 1 is 1.06 bits per heavy atom. The summed E-state index contributed by atoms with van der Waals surface area (Å²) < 4.78 is 19.2. The minimum atomic E-state index is -0.563. The largest absolute Gasteiger partial charge is 0.487 e. The molecule has 0 bridgehead atoms. The molecule has 4 rings (SSSR count). The van der Waals surface area contributed by atoms with E-state index in [1.807, 2.05) is 36.4 Å². The average Bonchev–Trinajstić information content (AvgIpc) is 2.87. The maximum absolute atomic E-state index is 13.9. The second-order valence-electron chi connectivity index (χ2n) is 8.23. The van der Waals surface area contributed by atoms with E-state index in [0.717, 1.165) is 31.9 Å². The predicted octanol–water partition coefficient (Wildman–Crippen LogP) is 4.71. The van der Waals surface area contributed by atoms with Gasteiger partial charge in [0.15, 0.2) is 5.75 Å². The van der Waals surface area contributed by atoms with E-state index >= 15 is 0 Å². The van der Waals surface area contributed by atoms with Gasteiger partial charge in [-0.25, -0.2) is 4.39 Å². The average molecular weight is 479 g/mol. The van der Waals surface area contributed by atoms with Crippen molar-refractivity contribution >= 4 is 23.0 Å². The summed E-state index contributed by atoms with van der Waals surface area (Å²) in [6, 6.07) is 18.5. The van der Waals surface area contributed by atoms with Crippen molar-refractivity contribution in [3.63, 3.8) is 0 Å². The van der Waals surface area contributed by atoms with Crippen LogP contribution in [0.4, 0.5) is 21.5 Å². The van der Waals surface area contributed by atoms with Crippen molar-refractivity contribution in [2.45, 2.75) is 13.5 Å². The second kappa shape index (κ2) is 11.0. The Balaban J connectivity index is 1.34. The zero-order chi connectivity index (χ0) is 24.8. The Bertz CT molecular complexity index is 1190. The molecule has 1 heterocycles. The lowest BCUT2D eigenvalue weighted by Gasteiger charge is -2.36. The van der Waals surface area contributed by atoms with Gasteiger partial charge in [-0.3, -0.25) is 19.8 Å². The van der Waals surface area contributed by atoms with E-state index in [1.165, 1.54) is 24.3 Å². The summed E-state index contributed by atoms with van der Waals surface area (Å²) in [6.45, 7) is 5.90. The molecular weight excluding hydrogens is 451 g/mol. The molecule has 1 amide bonds. The Labute approximate surface area is 203 Å². The molecule has 3 aromatic carbocycles. The first kappa shape index (κ1) is 24.2. The molecule has 1 N–H and O–H groups in total. The van der Waals surface area contributed by atoms with E-state index in [1.54, 1.807) is 13.0 Å². The molecule has 0 atom stereocenters. The zero-order valence-electron chi connectivity index (χ0n) is 19.4. The zero-order valence-corrected chi connectivity index (χ0v) is 19.4. The standard InChI is InChI=1S/C26H27FN4O4/c1-2-35-25-12-7-19(17-24(25)31(33)34)26(32)28-21-8-10-22(11-9-21)30-15-13-29(14-16-30)18-20-5-3-4-6-23(20)27/h3-12,17H,2,13-16,18H2,1H3,(H,28,32). The summed E-state index contributed by atoms with van der Waals surface area (Å²) in [5.74, 6) is -0.481. The van der Waals surface area contributed by atoms with Crippen molar-refractivity contribution in [2.24, 2.45) is 0 Å². The Morgan fingerprint density at radius 3 is 2.43 bits per heavy atom. The highest BCUT2D eigenvalue weighted by Crippen LogP contribution is 2.28. The minimum absolute atomic E-state index is 0.132. The summed E-state index contributed by atoms with van der Waals surface area (Å²) in [5, 5.41) is 14.1. The van der Waals surface area contributed by atoms with Gasteiger partial charge in [0.25, 0.3) is 5.91 Å². The molecule has 35 heavy (non-hydrogen) atoms. The van der Waals surface area contributed by atoms with Gasteiger partial charge in [0.2, 0.25) is 0 Å². The van der Waals surface area contributed by atoms with Crippen molar-refractivity contribution in [3.05, 3.63) is 93.8 Å². The van der Waals surface area contributed by atoms with E-state index in [-0.39, 0.29) is 22.8 Å². The van der Waals surface area contributed by atoms with Gasteiger partial charge in [-0.05, 0) is 49.4 Å². The maximum Gasteiger partial charge on any atom is 0.311 e. The topological polar surface area (TPSA) is 88.0 Å². The highest BCUT2D eigenvalue weighted by atomic mass is 19.1. The third kappa shape index (κ3) is 5.93. The molecule has 0 radical (unpaired) electrons. The number of halogens is 1. The smallest absolute Gasteiger partial charge is 0.311 e. The van der Waals surface area contributed by atoms with Gasteiger partial charge < -0.3 is 15.0 Å². The number of carbonyl (C=O) groups is 1. The van der Waals surface area contributed by atoms with Gasteiger partial charge in [-0.1, -0.05) is 18.2 Å². The first-order valence-electron chi connectivity index (χ1n) is 11.5. The SMILES string of the molecule is CCOc1ccc(C(=O)Nc2ccc(N3CCN(Cc4ccccc4F)CC3)cc2)cc1[N+](=O)[O-]. The Hall–Kier alpha value is -3.98. The van der Waals surface area contributed by atoms with E-state index in [2.05, 4.69) is 15.1 Å². The molecule has 1 saturated heterocycles. The number of ether oxygens (including phenoxy) is 1. The van der Waals surface area contributed by atoms with Gasteiger partial charge >= 0.3 is 5.69 Å². The number of hydrogen-bond donors (Lipinski definition) is 1. The number of nitrogens with zero attached hydrogens (tertiary/aromatic N) is 3.